The Kier molecular flexibility index (Phi) is 7.21. The number of rotatable bonds is 4. The van der Waals surface area contributed by atoms with E-state index in [1.54, 1.807) is 57.2 Å². The van der Waals surface area contributed by atoms with Crippen LogP contribution in [-0.4, -0.2) is 35.9 Å². The highest BCUT2D eigenvalue weighted by molar-refractivity contribution is 7.89. The maximum Gasteiger partial charge on any atom is 0.300 e. The lowest BCUT2D eigenvalue weighted by molar-refractivity contribution is -0.134. The molecule has 0 aliphatic heterocycles. The normalized spacial score (nSPS) is 11.3. The molecule has 9 heteroatoms. The third-order valence-electron chi connectivity index (χ3n) is 2.91. The summed E-state index contributed by atoms with van der Waals surface area (Å²) in [6.45, 7) is 6.44. The first-order valence-corrected chi connectivity index (χ1v) is 9.45. The summed E-state index contributed by atoms with van der Waals surface area (Å²) in [5, 5.41) is 14.9. The van der Waals surface area contributed by atoms with Crippen LogP contribution in [0, 0.1) is 5.41 Å². The predicted molar refractivity (Wildman–Crippen MR) is 104 cm³/mol. The van der Waals surface area contributed by atoms with Crippen LogP contribution in [0.25, 0.3) is 11.3 Å². The van der Waals surface area contributed by atoms with Crippen LogP contribution in [0.1, 0.15) is 33.4 Å². The summed E-state index contributed by atoms with van der Waals surface area (Å²) < 4.78 is 27.5. The molecule has 2 rings (SSSR count). The van der Waals surface area contributed by atoms with E-state index in [1.807, 2.05) is 0 Å². The Hall–Kier alpha value is -2.78. The number of amidine groups is 1. The lowest BCUT2D eigenvalue weighted by Gasteiger charge is -2.20. The zero-order valence-electron chi connectivity index (χ0n) is 15.6. The van der Waals surface area contributed by atoms with Gasteiger partial charge in [-0.1, -0.05) is 18.2 Å². The lowest BCUT2D eigenvalue weighted by Crippen LogP contribution is -2.40. The Morgan fingerprint density at radius 2 is 1.74 bits per heavy atom. The molecule has 0 unspecified atom stereocenters. The van der Waals surface area contributed by atoms with Gasteiger partial charge in [-0.05, 0) is 45.0 Å². The highest BCUT2D eigenvalue weighted by atomic mass is 32.2. The zero-order chi connectivity index (χ0) is 20.8. The number of carboxylic acid groups (broad SMARTS) is 1. The van der Waals surface area contributed by atoms with Gasteiger partial charge < -0.3 is 10.8 Å². The second kappa shape index (κ2) is 8.74. The number of nitrogens with two attached hydrogens (primary N) is 1. The quantitative estimate of drug-likeness (QED) is 0.463. The number of nitrogens with one attached hydrogen (secondary N) is 2. The average Bonchev–Trinajstić information content (AvgIpc) is 2.52. The first kappa shape index (κ1) is 22.3. The molecule has 0 bridgehead atoms. The molecule has 0 amide bonds. The highest BCUT2D eigenvalue weighted by Gasteiger charge is 2.22. The van der Waals surface area contributed by atoms with Crippen LogP contribution in [0.2, 0.25) is 0 Å². The van der Waals surface area contributed by atoms with Gasteiger partial charge in [0.05, 0.1) is 10.6 Å². The monoisotopic (exact) mass is 392 g/mol. The number of pyridine rings is 1. The van der Waals surface area contributed by atoms with Crippen molar-refractivity contribution in [2.24, 2.45) is 5.73 Å². The van der Waals surface area contributed by atoms with Crippen molar-refractivity contribution < 1.29 is 18.3 Å². The Balaban J connectivity index is 0.000000828. The summed E-state index contributed by atoms with van der Waals surface area (Å²) in [6, 6.07) is 11.6. The topological polar surface area (TPSA) is 146 Å². The molecule has 1 aromatic heterocycles. The molecule has 0 spiro atoms. The van der Waals surface area contributed by atoms with Crippen LogP contribution in [-0.2, 0) is 14.8 Å². The number of sulfonamides is 1. The summed E-state index contributed by atoms with van der Waals surface area (Å²) in [7, 11) is -3.62. The number of carbonyl (C=O) groups is 1. The van der Waals surface area contributed by atoms with E-state index < -0.39 is 21.5 Å². The Labute approximate surface area is 159 Å². The lowest BCUT2D eigenvalue weighted by atomic mass is 10.1. The van der Waals surface area contributed by atoms with Gasteiger partial charge in [0.1, 0.15) is 11.5 Å². The fourth-order valence-electron chi connectivity index (χ4n) is 2.03. The van der Waals surface area contributed by atoms with Gasteiger partial charge in [0.25, 0.3) is 5.97 Å². The number of aromatic nitrogens is 1. The highest BCUT2D eigenvalue weighted by Crippen LogP contribution is 2.22. The molecule has 0 saturated carbocycles. The molecular formula is C18H24N4O4S. The minimum absolute atomic E-state index is 0.134. The van der Waals surface area contributed by atoms with Gasteiger partial charge in [-0.3, -0.25) is 10.2 Å². The van der Waals surface area contributed by atoms with Gasteiger partial charge in [0.15, 0.2) is 0 Å². The van der Waals surface area contributed by atoms with E-state index in [0.717, 1.165) is 6.92 Å². The van der Waals surface area contributed by atoms with E-state index in [4.69, 9.17) is 21.0 Å². The molecule has 27 heavy (non-hydrogen) atoms. The van der Waals surface area contributed by atoms with E-state index in [2.05, 4.69) is 9.71 Å². The van der Waals surface area contributed by atoms with E-state index in [9.17, 15) is 8.42 Å². The molecule has 146 valence electrons. The first-order valence-electron chi connectivity index (χ1n) is 7.97. The van der Waals surface area contributed by atoms with Crippen LogP contribution >= 0.6 is 0 Å². The molecule has 0 saturated heterocycles. The molecular weight excluding hydrogens is 368 g/mol. The molecule has 1 aromatic carbocycles. The molecule has 0 fully saturated rings. The van der Waals surface area contributed by atoms with Crippen LogP contribution in [0.15, 0.2) is 47.4 Å². The summed E-state index contributed by atoms with van der Waals surface area (Å²) in [5.74, 6) is -0.968. The van der Waals surface area contributed by atoms with Crippen molar-refractivity contribution in [2.75, 3.05) is 0 Å². The van der Waals surface area contributed by atoms with Crippen LogP contribution in [0.3, 0.4) is 0 Å². The van der Waals surface area contributed by atoms with Crippen molar-refractivity contribution in [2.45, 2.75) is 38.1 Å². The minimum Gasteiger partial charge on any atom is -0.481 e. The molecule has 0 radical (unpaired) electrons. The van der Waals surface area contributed by atoms with Gasteiger partial charge in [-0.2, -0.15) is 0 Å². The summed E-state index contributed by atoms with van der Waals surface area (Å²) in [5.41, 5.74) is 6.43. The number of nitrogens with zero attached hydrogens (tertiary/aromatic N) is 1. The number of nitrogen functional groups attached to an aromatic ring is 1. The van der Waals surface area contributed by atoms with Crippen LogP contribution < -0.4 is 10.5 Å². The molecule has 0 aliphatic rings. The average molecular weight is 392 g/mol. The van der Waals surface area contributed by atoms with Gasteiger partial charge >= 0.3 is 0 Å². The van der Waals surface area contributed by atoms with Gasteiger partial charge in [-0.25, -0.2) is 18.1 Å². The number of hydrogen-bond donors (Lipinski definition) is 4. The number of hydrogen-bond acceptors (Lipinski definition) is 5. The largest absolute Gasteiger partial charge is 0.481 e. The van der Waals surface area contributed by atoms with E-state index in [0.29, 0.717) is 17.0 Å². The van der Waals surface area contributed by atoms with Crippen molar-refractivity contribution in [3.8, 4) is 11.3 Å². The number of aliphatic carboxylic acids is 1. The maximum absolute atomic E-state index is 12.4. The van der Waals surface area contributed by atoms with Crippen LogP contribution in [0.5, 0.6) is 0 Å². The van der Waals surface area contributed by atoms with E-state index in [1.165, 1.54) is 6.07 Å². The molecule has 0 atom stereocenters. The third kappa shape index (κ3) is 7.55. The van der Waals surface area contributed by atoms with Crippen molar-refractivity contribution in [1.82, 2.24) is 9.71 Å². The Bertz CT molecular complexity index is 930. The van der Waals surface area contributed by atoms with Crippen molar-refractivity contribution >= 4 is 21.8 Å². The van der Waals surface area contributed by atoms with Crippen molar-refractivity contribution in [3.05, 3.63) is 48.2 Å². The number of carboxylic acids is 1. The predicted octanol–water partition coefficient (Wildman–Crippen LogP) is 2.20. The second-order valence-corrected chi connectivity index (χ2v) is 8.41. The van der Waals surface area contributed by atoms with Crippen LogP contribution in [0.4, 0.5) is 0 Å². The third-order valence-corrected chi connectivity index (χ3v) is 4.66. The zero-order valence-corrected chi connectivity index (χ0v) is 16.5. The summed E-state index contributed by atoms with van der Waals surface area (Å²) >= 11 is 0. The fraction of sp³-hybridized carbons (Fsp3) is 0.278. The first-order chi connectivity index (χ1) is 12.3. The molecule has 5 N–H and O–H groups in total. The summed E-state index contributed by atoms with van der Waals surface area (Å²) in [6.07, 6.45) is 0. The minimum atomic E-state index is -3.62. The van der Waals surface area contributed by atoms with Crippen molar-refractivity contribution in [1.29, 1.82) is 5.41 Å². The molecule has 2 aromatic rings. The smallest absolute Gasteiger partial charge is 0.300 e. The van der Waals surface area contributed by atoms with E-state index in [-0.39, 0.29) is 10.7 Å². The molecule has 0 aliphatic carbocycles. The van der Waals surface area contributed by atoms with Gasteiger partial charge in [0, 0.05) is 18.0 Å². The van der Waals surface area contributed by atoms with Gasteiger partial charge in [0.2, 0.25) is 10.0 Å². The van der Waals surface area contributed by atoms with Crippen molar-refractivity contribution in [3.63, 3.8) is 0 Å². The maximum atomic E-state index is 12.4. The summed E-state index contributed by atoms with van der Waals surface area (Å²) in [4.78, 5) is 13.4. The fourth-order valence-corrected chi connectivity index (χ4v) is 3.49. The molecule has 8 nitrogen and oxygen atoms in total. The standard InChI is InChI=1S/C16H20N4O2S.C2H4O2/c1-16(2,3)20-23(21,22)12-7-4-6-11(10-12)13-8-5-9-14(19-13)15(17)18;1-2(3)4/h4-10,20H,1-3H3,(H3,17,18);1H3,(H,3,4). The Morgan fingerprint density at radius 1 is 1.19 bits per heavy atom. The second-order valence-electron chi connectivity index (χ2n) is 6.72. The van der Waals surface area contributed by atoms with Gasteiger partial charge in [-0.15, -0.1) is 0 Å². The molecule has 1 heterocycles. The Morgan fingerprint density at radius 3 is 2.26 bits per heavy atom. The van der Waals surface area contributed by atoms with E-state index >= 15 is 0 Å². The SMILES string of the molecule is CC(=O)O.CC(C)(C)NS(=O)(=O)c1cccc(-c2cccc(C(=N)N)n2)c1. The number of benzene rings is 1.